The van der Waals surface area contributed by atoms with Crippen molar-refractivity contribution in [2.24, 2.45) is 11.8 Å². The molecule has 4 nitrogen and oxygen atoms in total. The first-order valence-electron chi connectivity index (χ1n) is 6.31. The van der Waals surface area contributed by atoms with Crippen LogP contribution < -0.4 is 16.4 Å². The molecule has 100 valence electrons. The summed E-state index contributed by atoms with van der Waals surface area (Å²) in [6.07, 6.45) is 0. The Morgan fingerprint density at radius 3 is 2.56 bits per heavy atom. The van der Waals surface area contributed by atoms with Crippen molar-refractivity contribution in [1.29, 1.82) is 0 Å². The van der Waals surface area contributed by atoms with E-state index in [0.29, 0.717) is 23.1 Å². The van der Waals surface area contributed by atoms with Gasteiger partial charge in [0.15, 0.2) is 0 Å². The molecule has 0 saturated heterocycles. The number of benzene rings is 1. The van der Waals surface area contributed by atoms with E-state index in [-0.39, 0.29) is 5.91 Å². The van der Waals surface area contributed by atoms with Gasteiger partial charge < -0.3 is 16.4 Å². The minimum Gasteiger partial charge on any atom is -0.397 e. The second-order valence-electron chi connectivity index (χ2n) is 4.98. The Balaban J connectivity index is 2.78. The summed E-state index contributed by atoms with van der Waals surface area (Å²) in [5.74, 6) is 1.06. The van der Waals surface area contributed by atoms with E-state index < -0.39 is 0 Å². The van der Waals surface area contributed by atoms with Crippen molar-refractivity contribution in [2.45, 2.75) is 20.8 Å². The lowest BCUT2D eigenvalue weighted by atomic mass is 9.98. The van der Waals surface area contributed by atoms with Gasteiger partial charge in [-0.25, -0.2) is 0 Å². The van der Waals surface area contributed by atoms with Crippen molar-refractivity contribution in [1.82, 2.24) is 5.32 Å². The Kier molecular flexibility index (Phi) is 5.01. The summed E-state index contributed by atoms with van der Waals surface area (Å²) in [7, 11) is 1.62. The molecular weight excluding hydrogens is 226 g/mol. The molecule has 0 fully saturated rings. The number of hydrogen-bond acceptors (Lipinski definition) is 3. The Hall–Kier alpha value is -1.71. The number of carbonyl (C=O) groups excluding carboxylic acids is 1. The topological polar surface area (TPSA) is 67.2 Å². The molecule has 0 heterocycles. The van der Waals surface area contributed by atoms with Crippen LogP contribution in [-0.4, -0.2) is 19.5 Å². The summed E-state index contributed by atoms with van der Waals surface area (Å²) in [4.78, 5) is 11.5. The monoisotopic (exact) mass is 249 g/mol. The lowest BCUT2D eigenvalue weighted by Crippen LogP contribution is -2.19. The van der Waals surface area contributed by atoms with Gasteiger partial charge in [0, 0.05) is 19.2 Å². The van der Waals surface area contributed by atoms with Crippen molar-refractivity contribution >= 4 is 17.3 Å². The molecule has 0 aliphatic rings. The Bertz CT molecular complexity index is 416. The number of hydrogen-bond donors (Lipinski definition) is 3. The predicted octanol–water partition coefficient (Wildman–Crippen LogP) is 2.33. The lowest BCUT2D eigenvalue weighted by molar-refractivity contribution is 0.0963. The molecule has 1 rings (SSSR count). The molecule has 1 unspecified atom stereocenters. The standard InChI is InChI=1S/C14H23N3O/c1-9(2)10(3)8-17-13-7-11(14(18)16-4)5-6-12(13)15/h5-7,9-10,17H,8,15H2,1-4H3,(H,16,18). The van der Waals surface area contributed by atoms with Crippen LogP contribution in [0.15, 0.2) is 18.2 Å². The number of nitrogen functional groups attached to an aromatic ring is 1. The van der Waals surface area contributed by atoms with Gasteiger partial charge in [-0.1, -0.05) is 20.8 Å². The predicted molar refractivity (Wildman–Crippen MR) is 76.7 cm³/mol. The highest BCUT2D eigenvalue weighted by atomic mass is 16.1. The molecular formula is C14H23N3O. The van der Waals surface area contributed by atoms with E-state index in [1.807, 2.05) is 0 Å². The Morgan fingerprint density at radius 2 is 2.00 bits per heavy atom. The first kappa shape index (κ1) is 14.4. The van der Waals surface area contributed by atoms with Crippen LogP contribution in [0, 0.1) is 11.8 Å². The minimum atomic E-state index is -0.102. The average Bonchev–Trinajstić information content (AvgIpc) is 2.36. The summed E-state index contributed by atoms with van der Waals surface area (Å²) in [5.41, 5.74) is 8.00. The van der Waals surface area contributed by atoms with E-state index >= 15 is 0 Å². The van der Waals surface area contributed by atoms with Gasteiger partial charge in [0.2, 0.25) is 0 Å². The van der Waals surface area contributed by atoms with Crippen LogP contribution in [0.1, 0.15) is 31.1 Å². The second kappa shape index (κ2) is 6.28. The number of nitrogens with two attached hydrogens (primary N) is 1. The fourth-order valence-corrected chi connectivity index (χ4v) is 1.50. The fourth-order valence-electron chi connectivity index (χ4n) is 1.50. The number of amides is 1. The lowest BCUT2D eigenvalue weighted by Gasteiger charge is -2.18. The number of anilines is 2. The molecule has 4 N–H and O–H groups in total. The molecule has 4 heteroatoms. The van der Waals surface area contributed by atoms with Crippen LogP contribution in [0.4, 0.5) is 11.4 Å². The first-order chi connectivity index (χ1) is 8.45. The third-order valence-electron chi connectivity index (χ3n) is 3.30. The van der Waals surface area contributed by atoms with Crippen molar-refractivity contribution in [3.63, 3.8) is 0 Å². The van der Waals surface area contributed by atoms with Crippen molar-refractivity contribution in [3.05, 3.63) is 23.8 Å². The van der Waals surface area contributed by atoms with Gasteiger partial charge >= 0.3 is 0 Å². The molecule has 0 saturated carbocycles. The first-order valence-corrected chi connectivity index (χ1v) is 6.31. The number of carbonyl (C=O) groups is 1. The van der Waals surface area contributed by atoms with Crippen LogP contribution in [-0.2, 0) is 0 Å². The molecule has 1 atom stereocenters. The zero-order chi connectivity index (χ0) is 13.7. The summed E-state index contributed by atoms with van der Waals surface area (Å²) in [5, 5.41) is 5.91. The van der Waals surface area contributed by atoms with Crippen molar-refractivity contribution < 1.29 is 4.79 Å². The second-order valence-corrected chi connectivity index (χ2v) is 4.98. The summed E-state index contributed by atoms with van der Waals surface area (Å²) in [6, 6.07) is 5.28. The van der Waals surface area contributed by atoms with Gasteiger partial charge in [-0.3, -0.25) is 4.79 Å². The molecule has 0 aliphatic carbocycles. The average molecular weight is 249 g/mol. The van der Waals surface area contributed by atoms with E-state index in [1.54, 1.807) is 25.2 Å². The fraction of sp³-hybridized carbons (Fsp3) is 0.500. The van der Waals surface area contributed by atoms with E-state index in [2.05, 4.69) is 31.4 Å². The SMILES string of the molecule is CNC(=O)c1ccc(N)c(NCC(C)C(C)C)c1. The molecule has 0 bridgehead atoms. The number of rotatable bonds is 5. The van der Waals surface area contributed by atoms with Crippen LogP contribution in [0.5, 0.6) is 0 Å². The summed E-state index contributed by atoms with van der Waals surface area (Å²) >= 11 is 0. The molecule has 0 radical (unpaired) electrons. The van der Waals surface area contributed by atoms with Crippen LogP contribution in [0.2, 0.25) is 0 Å². The highest BCUT2D eigenvalue weighted by Crippen LogP contribution is 2.21. The van der Waals surface area contributed by atoms with Crippen LogP contribution >= 0.6 is 0 Å². The summed E-state index contributed by atoms with van der Waals surface area (Å²) < 4.78 is 0. The smallest absolute Gasteiger partial charge is 0.251 e. The zero-order valence-corrected chi connectivity index (χ0v) is 11.6. The maximum absolute atomic E-state index is 11.5. The van der Waals surface area contributed by atoms with Gasteiger partial charge in [-0.2, -0.15) is 0 Å². The Labute approximate surface area is 109 Å². The van der Waals surface area contributed by atoms with E-state index in [9.17, 15) is 4.79 Å². The number of nitrogens with one attached hydrogen (secondary N) is 2. The maximum atomic E-state index is 11.5. The third kappa shape index (κ3) is 3.65. The van der Waals surface area contributed by atoms with Gasteiger partial charge in [0.25, 0.3) is 5.91 Å². The molecule has 0 spiro atoms. The van der Waals surface area contributed by atoms with Gasteiger partial charge in [-0.05, 0) is 30.0 Å². The van der Waals surface area contributed by atoms with Gasteiger partial charge in [-0.15, -0.1) is 0 Å². The quantitative estimate of drug-likeness (QED) is 0.702. The summed E-state index contributed by atoms with van der Waals surface area (Å²) in [6.45, 7) is 7.42. The van der Waals surface area contributed by atoms with E-state index in [4.69, 9.17) is 5.73 Å². The highest BCUT2D eigenvalue weighted by molar-refractivity contribution is 5.96. The van der Waals surface area contributed by atoms with Crippen molar-refractivity contribution in [3.8, 4) is 0 Å². The molecule has 1 aromatic carbocycles. The zero-order valence-electron chi connectivity index (χ0n) is 11.6. The molecule has 18 heavy (non-hydrogen) atoms. The maximum Gasteiger partial charge on any atom is 0.251 e. The van der Waals surface area contributed by atoms with Crippen LogP contribution in [0.3, 0.4) is 0 Å². The normalized spacial score (nSPS) is 12.3. The highest BCUT2D eigenvalue weighted by Gasteiger charge is 2.10. The molecule has 1 amide bonds. The molecule has 1 aromatic rings. The minimum absolute atomic E-state index is 0.102. The third-order valence-corrected chi connectivity index (χ3v) is 3.30. The van der Waals surface area contributed by atoms with E-state index in [1.165, 1.54) is 0 Å². The van der Waals surface area contributed by atoms with E-state index in [0.717, 1.165) is 12.2 Å². The van der Waals surface area contributed by atoms with Gasteiger partial charge in [0.1, 0.15) is 0 Å². The molecule has 0 aliphatic heterocycles. The molecule has 0 aromatic heterocycles. The van der Waals surface area contributed by atoms with Crippen molar-refractivity contribution in [2.75, 3.05) is 24.6 Å². The Morgan fingerprint density at radius 1 is 1.33 bits per heavy atom. The largest absolute Gasteiger partial charge is 0.397 e. The van der Waals surface area contributed by atoms with Crippen LogP contribution in [0.25, 0.3) is 0 Å². The van der Waals surface area contributed by atoms with Gasteiger partial charge in [0.05, 0.1) is 11.4 Å².